The van der Waals surface area contributed by atoms with Crippen LogP contribution in [0.5, 0.6) is 5.75 Å². The molecule has 0 bridgehead atoms. The third-order valence-corrected chi connectivity index (χ3v) is 2.34. The Kier molecular flexibility index (Phi) is 10.2. The molecule has 1 aromatic rings. The first-order chi connectivity index (χ1) is 8.33. The van der Waals surface area contributed by atoms with Crippen LogP contribution in [0.25, 0.3) is 0 Å². The van der Waals surface area contributed by atoms with Gasteiger partial charge in [-0.1, -0.05) is 6.58 Å². The third-order valence-electron chi connectivity index (χ3n) is 2.34. The molecule has 0 aliphatic heterocycles. The van der Waals surface area contributed by atoms with Crippen LogP contribution in [0.2, 0.25) is 0 Å². The van der Waals surface area contributed by atoms with Gasteiger partial charge in [-0.05, 0) is 18.2 Å². The Morgan fingerprint density at radius 1 is 1.42 bits per heavy atom. The number of nitrogens with zero attached hydrogens (tertiary/aromatic N) is 1. The molecule has 0 aromatic heterocycles. The van der Waals surface area contributed by atoms with Crippen molar-refractivity contribution in [1.82, 2.24) is 9.80 Å². The summed E-state index contributed by atoms with van der Waals surface area (Å²) in [7, 11) is 5.50. The van der Waals surface area contributed by atoms with Crippen LogP contribution in [0.3, 0.4) is 0 Å². The minimum absolute atomic E-state index is 0. The van der Waals surface area contributed by atoms with E-state index in [1.807, 2.05) is 23.5 Å². The first-order valence-electron chi connectivity index (χ1n) is 5.45. The summed E-state index contributed by atoms with van der Waals surface area (Å²) in [5.74, 6) is 0.308. The zero-order chi connectivity index (χ0) is 14.2. The second-order valence-electron chi connectivity index (χ2n) is 4.21. The molecule has 0 heterocycles. The summed E-state index contributed by atoms with van der Waals surface area (Å²) in [5.41, 5.74) is 1.16. The highest BCUT2D eigenvalue weighted by molar-refractivity contribution is 14.0. The number of rotatable bonds is 3. The van der Waals surface area contributed by atoms with Crippen molar-refractivity contribution in [2.24, 2.45) is 0 Å². The van der Waals surface area contributed by atoms with Gasteiger partial charge < -0.3 is 20.3 Å². The number of phenols is 1. The van der Waals surface area contributed by atoms with Gasteiger partial charge in [-0.2, -0.15) is 0 Å². The van der Waals surface area contributed by atoms with Crippen LogP contribution < -0.4 is 14.9 Å². The lowest BCUT2D eigenvalue weighted by Crippen LogP contribution is -2.40. The topological polar surface area (TPSA) is 72.4 Å². The van der Waals surface area contributed by atoms with E-state index in [0.29, 0.717) is 5.75 Å². The molecule has 1 amide bonds. The molecule has 19 heavy (non-hydrogen) atoms. The molecule has 0 unspecified atom stereocenters. The van der Waals surface area contributed by atoms with Crippen molar-refractivity contribution in [3.05, 3.63) is 36.9 Å². The number of quaternary nitrogens is 1. The fourth-order valence-corrected chi connectivity index (χ4v) is 1.28. The van der Waals surface area contributed by atoms with E-state index in [-0.39, 0.29) is 24.0 Å². The van der Waals surface area contributed by atoms with Gasteiger partial charge in [-0.15, -0.1) is 24.0 Å². The molecule has 6 heteroatoms. The van der Waals surface area contributed by atoms with E-state index in [4.69, 9.17) is 15.0 Å². The Morgan fingerprint density at radius 2 is 1.84 bits per heavy atom. The van der Waals surface area contributed by atoms with Crippen molar-refractivity contribution in [2.45, 2.75) is 0 Å². The van der Waals surface area contributed by atoms with E-state index in [9.17, 15) is 0 Å². The zero-order valence-corrected chi connectivity index (χ0v) is 13.8. The van der Waals surface area contributed by atoms with Crippen molar-refractivity contribution in [3.63, 3.8) is 0 Å². The number of carbonyl (C=O) groups is 1. The Balaban J connectivity index is 0. The summed E-state index contributed by atoms with van der Waals surface area (Å²) in [5, 5.41) is 20.1. The van der Waals surface area contributed by atoms with Crippen LogP contribution in [0.15, 0.2) is 36.9 Å². The molecule has 0 aliphatic carbocycles. The molecule has 0 fully saturated rings. The number of halogens is 1. The standard InChI is InChI=1S/C11H15NO.C2H5NO2.HI/c1-4-9-12(2,3)10-5-7-11(13)8-6-10;1-3-2(4)5;/h4-8H,1,9H2,2-3H3;3H,1H3,(H,4,5);1H. The minimum Gasteiger partial charge on any atom is -0.530 e. The number of likely N-dealkylation sites (N-methyl/N-ethyl adjacent to an activating group) is 1. The number of aromatic hydroxyl groups is 1. The van der Waals surface area contributed by atoms with Crippen LogP contribution >= 0.6 is 24.0 Å². The second kappa shape index (κ2) is 9.62. The molecule has 2 N–H and O–H groups in total. The maximum absolute atomic E-state index is 9.15. The van der Waals surface area contributed by atoms with Crippen LogP contribution in [-0.2, 0) is 0 Å². The summed E-state index contributed by atoms with van der Waals surface area (Å²) in [6, 6.07) is 7.27. The molecule has 5 nitrogen and oxygen atoms in total. The van der Waals surface area contributed by atoms with Crippen LogP contribution in [0.4, 0.5) is 10.5 Å². The number of carboxylic acid groups (broad SMARTS) is 1. The number of hydrogen-bond acceptors (Lipinski definition) is 3. The van der Waals surface area contributed by atoms with Gasteiger partial charge in [0.2, 0.25) is 0 Å². The Morgan fingerprint density at radius 3 is 2.16 bits per heavy atom. The zero-order valence-electron chi connectivity index (χ0n) is 11.4. The summed E-state index contributed by atoms with van der Waals surface area (Å²) >= 11 is 0. The average Bonchev–Trinajstić information content (AvgIpc) is 2.30. The van der Waals surface area contributed by atoms with E-state index in [1.165, 1.54) is 7.05 Å². The average molecular weight is 380 g/mol. The second-order valence-corrected chi connectivity index (χ2v) is 4.21. The molecule has 0 saturated heterocycles. The number of amides is 1. The Bertz CT molecular complexity index is 391. The van der Waals surface area contributed by atoms with E-state index in [1.54, 1.807) is 12.1 Å². The van der Waals surface area contributed by atoms with Gasteiger partial charge in [0.05, 0.1) is 14.1 Å². The fraction of sp³-hybridized carbons (Fsp3) is 0.308. The highest BCUT2D eigenvalue weighted by Crippen LogP contribution is 2.21. The molecule has 108 valence electrons. The predicted molar refractivity (Wildman–Crippen MR) is 86.7 cm³/mol. The summed E-state index contributed by atoms with van der Waals surface area (Å²) in [4.78, 5) is 9.15. The van der Waals surface area contributed by atoms with Crippen molar-refractivity contribution in [2.75, 3.05) is 27.7 Å². The maximum atomic E-state index is 9.15. The molecular weight excluding hydrogens is 359 g/mol. The van der Waals surface area contributed by atoms with Crippen LogP contribution in [0, 0.1) is 0 Å². The number of benzene rings is 1. The molecule has 0 atom stereocenters. The first kappa shape index (κ1) is 20.0. The molecule has 1 aromatic carbocycles. The lowest BCUT2D eigenvalue weighted by molar-refractivity contribution is -0.250. The van der Waals surface area contributed by atoms with E-state index in [0.717, 1.165) is 16.7 Å². The highest BCUT2D eigenvalue weighted by atomic mass is 127. The monoisotopic (exact) mass is 380 g/mol. The van der Waals surface area contributed by atoms with Gasteiger partial charge >= 0.3 is 0 Å². The maximum Gasteiger partial charge on any atom is 0.133 e. The Labute approximate surface area is 131 Å². The minimum atomic E-state index is -1.25. The summed E-state index contributed by atoms with van der Waals surface area (Å²) < 4.78 is 0.754. The van der Waals surface area contributed by atoms with Crippen LogP contribution in [-0.4, -0.2) is 38.9 Å². The van der Waals surface area contributed by atoms with Crippen molar-refractivity contribution >= 4 is 35.8 Å². The molecule has 0 saturated carbocycles. The van der Waals surface area contributed by atoms with Crippen molar-refractivity contribution < 1.29 is 15.0 Å². The number of hydrogen-bond donors (Lipinski definition) is 2. The lowest BCUT2D eigenvalue weighted by atomic mass is 10.2. The van der Waals surface area contributed by atoms with Gasteiger partial charge in [0, 0.05) is 19.2 Å². The van der Waals surface area contributed by atoms with Gasteiger partial charge in [-0.3, -0.25) is 4.48 Å². The van der Waals surface area contributed by atoms with Gasteiger partial charge in [0.15, 0.2) is 0 Å². The van der Waals surface area contributed by atoms with E-state index in [2.05, 4.69) is 20.7 Å². The SMILES string of the molecule is C=CC[N+](C)(C)c1ccc(O)cc1.CNC(=O)[O-].I. The summed E-state index contributed by atoms with van der Waals surface area (Å²) in [6.07, 6.45) is 0.650. The molecular formula is C13H21IN2O3. The normalized spacial score (nSPS) is 9.42. The lowest BCUT2D eigenvalue weighted by Gasteiger charge is -2.27. The Hall–Kier alpha value is -1.28. The fourth-order valence-electron chi connectivity index (χ4n) is 1.28. The van der Waals surface area contributed by atoms with Gasteiger partial charge in [-0.25, -0.2) is 0 Å². The number of phenolic OH excluding ortho intramolecular Hbond substituents is 1. The largest absolute Gasteiger partial charge is 0.530 e. The first-order valence-corrected chi connectivity index (χ1v) is 5.45. The summed E-state index contributed by atoms with van der Waals surface area (Å²) in [6.45, 7) is 4.60. The quantitative estimate of drug-likeness (QED) is 0.472. The number of nitrogens with one attached hydrogen (secondary N) is 1. The smallest absolute Gasteiger partial charge is 0.133 e. The van der Waals surface area contributed by atoms with Gasteiger partial charge in [0.1, 0.15) is 24.1 Å². The van der Waals surface area contributed by atoms with E-state index >= 15 is 0 Å². The molecule has 0 radical (unpaired) electrons. The predicted octanol–water partition coefficient (Wildman–Crippen LogP) is 1.31. The molecule has 0 aliphatic rings. The van der Waals surface area contributed by atoms with Crippen molar-refractivity contribution in [3.8, 4) is 5.75 Å². The number of carbonyl (C=O) groups excluding carboxylic acids is 1. The highest BCUT2D eigenvalue weighted by Gasteiger charge is 2.15. The van der Waals surface area contributed by atoms with E-state index < -0.39 is 6.09 Å². The van der Waals surface area contributed by atoms with Gasteiger partial charge in [0.25, 0.3) is 0 Å². The van der Waals surface area contributed by atoms with Crippen LogP contribution in [0.1, 0.15) is 0 Å². The third kappa shape index (κ3) is 8.44. The molecule has 1 rings (SSSR count). The van der Waals surface area contributed by atoms with Crippen molar-refractivity contribution in [1.29, 1.82) is 0 Å². The molecule has 0 spiro atoms.